The second kappa shape index (κ2) is 7.46. The first-order valence-electron chi connectivity index (χ1n) is 8.05. The fraction of sp³-hybridized carbons (Fsp3) is 0.529. The van der Waals surface area contributed by atoms with E-state index in [1.165, 1.54) is 14.7 Å². The Bertz CT molecular complexity index is 708. The van der Waals surface area contributed by atoms with Crippen LogP contribution in [0.4, 0.5) is 0 Å². The van der Waals surface area contributed by atoms with Gasteiger partial charge in [-0.15, -0.1) is 11.3 Å². The Morgan fingerprint density at radius 2 is 2.29 bits per heavy atom. The van der Waals surface area contributed by atoms with E-state index in [2.05, 4.69) is 29.1 Å². The Kier molecular flexibility index (Phi) is 5.33. The Balaban J connectivity index is 1.58. The van der Waals surface area contributed by atoms with Crippen molar-refractivity contribution in [3.8, 4) is 0 Å². The van der Waals surface area contributed by atoms with Crippen LogP contribution in [0, 0.1) is 6.92 Å². The molecule has 2 aromatic heterocycles. The first-order chi connectivity index (χ1) is 11.5. The maximum absolute atomic E-state index is 11.6. The van der Waals surface area contributed by atoms with Crippen molar-refractivity contribution >= 4 is 17.2 Å². The molecule has 6 nitrogen and oxygen atoms in total. The van der Waals surface area contributed by atoms with Crippen molar-refractivity contribution in [1.29, 1.82) is 0 Å². The van der Waals surface area contributed by atoms with E-state index in [0.717, 1.165) is 43.1 Å². The van der Waals surface area contributed by atoms with Crippen molar-refractivity contribution in [2.75, 3.05) is 27.2 Å². The second-order valence-corrected chi connectivity index (χ2v) is 7.66. The molecule has 0 atom stereocenters. The summed E-state index contributed by atoms with van der Waals surface area (Å²) in [4.78, 5) is 18.2. The Hall–Kier alpha value is -1.70. The van der Waals surface area contributed by atoms with Gasteiger partial charge in [0.2, 0.25) is 5.91 Å². The molecule has 0 fully saturated rings. The number of hydrogen-bond acceptors (Lipinski definition) is 6. The minimum atomic E-state index is -0.0537. The lowest BCUT2D eigenvalue weighted by Gasteiger charge is -2.25. The van der Waals surface area contributed by atoms with E-state index in [1.807, 2.05) is 11.3 Å². The molecule has 0 radical (unpaired) electrons. The number of carbonyl (C=O) groups is 1. The van der Waals surface area contributed by atoms with Crippen LogP contribution in [0.3, 0.4) is 0 Å². The lowest BCUT2D eigenvalue weighted by Crippen LogP contribution is -2.30. The molecule has 2 aromatic rings. The summed E-state index contributed by atoms with van der Waals surface area (Å²) in [6.07, 6.45) is 0.864. The van der Waals surface area contributed by atoms with Crippen molar-refractivity contribution in [2.45, 2.75) is 33.0 Å². The largest absolute Gasteiger partial charge is 0.365 e. The first-order valence-corrected chi connectivity index (χ1v) is 8.86. The molecule has 0 saturated heterocycles. The molecule has 24 heavy (non-hydrogen) atoms. The molecule has 0 spiro atoms. The van der Waals surface area contributed by atoms with Gasteiger partial charge in [-0.05, 0) is 19.1 Å². The minimum absolute atomic E-state index is 0.0537. The van der Waals surface area contributed by atoms with Crippen LogP contribution >= 0.6 is 11.3 Å². The number of carbonyl (C=O) groups excluding carboxylic acids is 1. The summed E-state index contributed by atoms with van der Waals surface area (Å²) in [5.41, 5.74) is 1.93. The Morgan fingerprint density at radius 1 is 1.46 bits per heavy atom. The van der Waals surface area contributed by atoms with E-state index >= 15 is 0 Å². The molecule has 1 aliphatic rings. The number of thiophene rings is 1. The monoisotopic (exact) mass is 349 g/mol. The van der Waals surface area contributed by atoms with Crippen molar-refractivity contribution in [1.82, 2.24) is 15.0 Å². The summed E-state index contributed by atoms with van der Waals surface area (Å²) >= 11 is 1.84. The number of hydrogen-bond donors (Lipinski definition) is 0. The summed E-state index contributed by atoms with van der Waals surface area (Å²) < 4.78 is 10.9. The highest BCUT2D eigenvalue weighted by Gasteiger charge is 2.24. The molecular formula is C17H23N3O3S. The van der Waals surface area contributed by atoms with Crippen LogP contribution in [0.15, 0.2) is 16.7 Å². The number of likely N-dealkylation sites (N-methyl/N-ethyl adjacent to an activating group) is 1. The van der Waals surface area contributed by atoms with Gasteiger partial charge in [-0.25, -0.2) is 0 Å². The van der Waals surface area contributed by atoms with Gasteiger partial charge in [-0.3, -0.25) is 9.69 Å². The van der Waals surface area contributed by atoms with E-state index in [0.29, 0.717) is 6.61 Å². The molecule has 3 rings (SSSR count). The molecule has 0 N–H and O–H groups in total. The number of ether oxygens (including phenoxy) is 1. The fourth-order valence-electron chi connectivity index (χ4n) is 2.72. The zero-order chi connectivity index (χ0) is 17.1. The highest BCUT2D eigenvalue weighted by atomic mass is 32.1. The van der Waals surface area contributed by atoms with Gasteiger partial charge in [-0.2, -0.15) is 0 Å². The number of fused-ring (bicyclic) bond motifs is 1. The molecule has 0 aliphatic carbocycles. The number of rotatable bonds is 6. The van der Waals surface area contributed by atoms with Crippen LogP contribution in [0.2, 0.25) is 0 Å². The molecule has 130 valence electrons. The standard InChI is InChI=1S/C17H23N3O3S/c1-12-4-5-13(24-12)8-20-7-6-16-14(9-20)15(18-23-16)10-22-11-17(21)19(2)3/h4-5H,6-11H2,1-3H3. The molecule has 0 saturated carbocycles. The first kappa shape index (κ1) is 17.1. The van der Waals surface area contributed by atoms with Gasteiger partial charge in [0.25, 0.3) is 0 Å². The average Bonchev–Trinajstić information content (AvgIpc) is 3.13. The molecule has 1 aliphatic heterocycles. The number of aromatic nitrogens is 1. The predicted molar refractivity (Wildman–Crippen MR) is 91.7 cm³/mol. The van der Waals surface area contributed by atoms with E-state index in [4.69, 9.17) is 9.26 Å². The summed E-state index contributed by atoms with van der Waals surface area (Å²) in [5.74, 6) is 0.896. The van der Waals surface area contributed by atoms with Crippen molar-refractivity contribution in [3.05, 3.63) is 38.9 Å². The van der Waals surface area contributed by atoms with E-state index in [1.54, 1.807) is 14.1 Å². The van der Waals surface area contributed by atoms with Crippen LogP contribution in [0.1, 0.15) is 26.8 Å². The predicted octanol–water partition coefficient (Wildman–Crippen LogP) is 2.21. The van der Waals surface area contributed by atoms with Gasteiger partial charge in [0.05, 0.1) is 6.61 Å². The van der Waals surface area contributed by atoms with E-state index < -0.39 is 0 Å². The summed E-state index contributed by atoms with van der Waals surface area (Å²) in [7, 11) is 3.43. The Labute approximate surface area is 146 Å². The molecule has 0 aromatic carbocycles. The van der Waals surface area contributed by atoms with Crippen molar-refractivity contribution in [3.63, 3.8) is 0 Å². The van der Waals surface area contributed by atoms with Crippen LogP contribution in [0.25, 0.3) is 0 Å². The fourth-order valence-corrected chi connectivity index (χ4v) is 3.66. The average molecular weight is 349 g/mol. The minimum Gasteiger partial charge on any atom is -0.365 e. The molecule has 0 unspecified atom stereocenters. The number of aryl methyl sites for hydroxylation is 1. The highest BCUT2D eigenvalue weighted by molar-refractivity contribution is 7.11. The lowest BCUT2D eigenvalue weighted by atomic mass is 10.1. The van der Waals surface area contributed by atoms with Gasteiger partial charge in [-0.1, -0.05) is 5.16 Å². The third-order valence-electron chi connectivity index (χ3n) is 4.13. The van der Waals surface area contributed by atoms with Crippen LogP contribution < -0.4 is 0 Å². The lowest BCUT2D eigenvalue weighted by molar-refractivity contribution is -0.134. The molecule has 0 bridgehead atoms. The third kappa shape index (κ3) is 4.03. The quantitative estimate of drug-likeness (QED) is 0.800. The number of amides is 1. The smallest absolute Gasteiger partial charge is 0.248 e. The maximum Gasteiger partial charge on any atom is 0.248 e. The number of nitrogens with zero attached hydrogens (tertiary/aromatic N) is 3. The molecule has 1 amide bonds. The van der Waals surface area contributed by atoms with Crippen LogP contribution in [-0.4, -0.2) is 48.1 Å². The van der Waals surface area contributed by atoms with Crippen molar-refractivity contribution in [2.24, 2.45) is 0 Å². The zero-order valence-electron chi connectivity index (χ0n) is 14.4. The van der Waals surface area contributed by atoms with Crippen LogP contribution in [0.5, 0.6) is 0 Å². The Morgan fingerprint density at radius 3 is 3.00 bits per heavy atom. The maximum atomic E-state index is 11.6. The molecule has 7 heteroatoms. The second-order valence-electron chi connectivity index (χ2n) is 6.28. The summed E-state index contributed by atoms with van der Waals surface area (Å²) in [6, 6.07) is 4.36. The molecule has 3 heterocycles. The molecular weight excluding hydrogens is 326 g/mol. The zero-order valence-corrected chi connectivity index (χ0v) is 15.2. The van der Waals surface area contributed by atoms with Gasteiger partial charge in [0.15, 0.2) is 0 Å². The SMILES string of the molecule is Cc1ccc(CN2CCc3onc(COCC(=O)N(C)C)c3C2)s1. The highest BCUT2D eigenvalue weighted by Crippen LogP contribution is 2.25. The third-order valence-corrected chi connectivity index (χ3v) is 5.11. The van der Waals surface area contributed by atoms with Gasteiger partial charge >= 0.3 is 0 Å². The summed E-state index contributed by atoms with van der Waals surface area (Å²) in [6.45, 7) is 5.24. The van der Waals surface area contributed by atoms with Gasteiger partial charge in [0, 0.05) is 55.5 Å². The normalized spacial score (nSPS) is 14.6. The van der Waals surface area contributed by atoms with E-state index in [-0.39, 0.29) is 12.5 Å². The van der Waals surface area contributed by atoms with Gasteiger partial charge < -0.3 is 14.2 Å². The van der Waals surface area contributed by atoms with Crippen LogP contribution in [-0.2, 0) is 35.6 Å². The van der Waals surface area contributed by atoms with E-state index in [9.17, 15) is 4.79 Å². The van der Waals surface area contributed by atoms with Crippen molar-refractivity contribution < 1.29 is 14.1 Å². The topological polar surface area (TPSA) is 58.8 Å². The van der Waals surface area contributed by atoms with Gasteiger partial charge in [0.1, 0.15) is 18.1 Å². The summed E-state index contributed by atoms with van der Waals surface area (Å²) in [5, 5.41) is 4.14.